The van der Waals surface area contributed by atoms with Crippen molar-refractivity contribution in [3.8, 4) is 0 Å². The Morgan fingerprint density at radius 2 is 1.44 bits per heavy atom. The number of hydrogen-bond donors (Lipinski definition) is 0. The summed E-state index contributed by atoms with van der Waals surface area (Å²) < 4.78 is 6.16. The van der Waals surface area contributed by atoms with Crippen molar-refractivity contribution >= 4 is 32.0 Å². The maximum atomic E-state index is 6.16. The van der Waals surface area contributed by atoms with Crippen LogP contribution in [0.2, 0.25) is 0 Å². The topological polar surface area (TPSA) is 13.1 Å². The monoisotopic (exact) mass is 258 g/mol. The highest BCUT2D eigenvalue weighted by Gasteiger charge is 2.17. The fourth-order valence-corrected chi connectivity index (χ4v) is 3.61. The molecule has 0 aliphatic heterocycles. The number of furan rings is 1. The molecule has 0 bridgehead atoms. The molecule has 18 heavy (non-hydrogen) atoms. The van der Waals surface area contributed by atoms with Crippen molar-refractivity contribution in [2.24, 2.45) is 0 Å². The second kappa shape index (κ2) is 3.79. The van der Waals surface area contributed by atoms with Crippen molar-refractivity contribution < 1.29 is 4.42 Å². The molecule has 2 heteroatoms. The first-order valence-electron chi connectivity index (χ1n) is 6.08. The molecule has 1 heterocycles. The minimum atomic E-state index is -0.784. The summed E-state index contributed by atoms with van der Waals surface area (Å²) in [6.45, 7) is 2.11. The van der Waals surface area contributed by atoms with Crippen LogP contribution in [0.5, 0.6) is 0 Å². The highest BCUT2D eigenvalue weighted by atomic mass is 32.3. The van der Waals surface area contributed by atoms with E-state index in [1.54, 1.807) is 0 Å². The molecule has 0 fully saturated rings. The van der Waals surface area contributed by atoms with E-state index in [1.807, 2.05) is 0 Å². The zero-order valence-corrected chi connectivity index (χ0v) is 12.1. The summed E-state index contributed by atoms with van der Waals surface area (Å²) in [5, 5.41) is 2.48. The lowest BCUT2D eigenvalue weighted by atomic mass is 10.1. The smallest absolute Gasteiger partial charge is 0.147 e. The molecule has 3 rings (SSSR count). The molecule has 94 valence electrons. The highest BCUT2D eigenvalue weighted by molar-refractivity contribution is 8.32. The lowest BCUT2D eigenvalue weighted by Crippen LogP contribution is -1.92. The maximum Gasteiger partial charge on any atom is 0.147 e. The van der Waals surface area contributed by atoms with Crippen LogP contribution >= 0.6 is 10.0 Å². The number of benzene rings is 2. The van der Waals surface area contributed by atoms with Gasteiger partial charge >= 0.3 is 0 Å². The predicted molar refractivity (Wildman–Crippen MR) is 82.1 cm³/mol. The molecule has 0 aliphatic rings. The number of fused-ring (bicyclic) bond motifs is 3. The molecule has 0 saturated carbocycles. The van der Waals surface area contributed by atoms with Crippen molar-refractivity contribution in [2.45, 2.75) is 11.8 Å². The quantitative estimate of drug-likeness (QED) is 0.602. The Labute approximate surface area is 109 Å². The third-order valence-electron chi connectivity index (χ3n) is 3.34. The first-order chi connectivity index (χ1) is 8.48. The molecular formula is C16H18OS. The molecule has 0 saturated heterocycles. The molecule has 0 N–H and O–H groups in total. The van der Waals surface area contributed by atoms with Crippen LogP contribution in [0.3, 0.4) is 0 Å². The molecule has 1 aromatic heterocycles. The first kappa shape index (κ1) is 11.7. The van der Waals surface area contributed by atoms with E-state index >= 15 is 0 Å². The van der Waals surface area contributed by atoms with Crippen LogP contribution in [0, 0.1) is 6.92 Å². The average molecular weight is 258 g/mol. The third kappa shape index (κ3) is 1.64. The lowest BCUT2D eigenvalue weighted by molar-refractivity contribution is 0.657. The Morgan fingerprint density at radius 1 is 0.833 bits per heavy atom. The van der Waals surface area contributed by atoms with Gasteiger partial charge in [0.2, 0.25) is 0 Å². The van der Waals surface area contributed by atoms with E-state index in [0.29, 0.717) is 0 Å². The Hall–Kier alpha value is -1.41. The molecule has 0 radical (unpaired) electrons. The first-order valence-corrected chi connectivity index (χ1v) is 8.93. The molecule has 2 aromatic carbocycles. The Balaban J connectivity index is 2.50. The summed E-state index contributed by atoms with van der Waals surface area (Å²) in [5.41, 5.74) is 3.31. The second-order valence-corrected chi connectivity index (χ2v) is 9.64. The van der Waals surface area contributed by atoms with Crippen LogP contribution < -0.4 is 0 Å². The van der Waals surface area contributed by atoms with Crippen molar-refractivity contribution in [3.05, 3.63) is 42.0 Å². The van der Waals surface area contributed by atoms with Gasteiger partial charge in [0.15, 0.2) is 0 Å². The number of para-hydroxylation sites is 2. The van der Waals surface area contributed by atoms with Gasteiger partial charge < -0.3 is 4.42 Å². The van der Waals surface area contributed by atoms with Crippen LogP contribution in [-0.4, -0.2) is 18.8 Å². The summed E-state index contributed by atoms with van der Waals surface area (Å²) in [7, 11) is -0.784. The van der Waals surface area contributed by atoms with E-state index in [-0.39, 0.29) is 0 Å². The number of hydrogen-bond acceptors (Lipinski definition) is 1. The summed E-state index contributed by atoms with van der Waals surface area (Å²) in [6.07, 6.45) is 6.92. The van der Waals surface area contributed by atoms with Crippen LogP contribution in [0.15, 0.2) is 45.7 Å². The standard InChI is InChI=1S/C16H18OS/c1-11-7-5-8-12-13-9-6-10-14(18(2,3)4)16(13)17-15(11)12/h5-10H,1-4H3. The largest absolute Gasteiger partial charge is 0.455 e. The average Bonchev–Trinajstić information content (AvgIpc) is 2.68. The van der Waals surface area contributed by atoms with E-state index in [2.05, 4.69) is 62.1 Å². The van der Waals surface area contributed by atoms with Gasteiger partial charge in [-0.1, -0.05) is 30.3 Å². The van der Waals surface area contributed by atoms with Crippen molar-refractivity contribution in [1.29, 1.82) is 0 Å². The highest BCUT2D eigenvalue weighted by Crippen LogP contribution is 2.50. The SMILES string of the molecule is Cc1cccc2c1oc1c(S(C)(C)C)cccc12. The molecule has 1 nitrogen and oxygen atoms in total. The van der Waals surface area contributed by atoms with Gasteiger partial charge in [-0.3, -0.25) is 0 Å². The van der Waals surface area contributed by atoms with Gasteiger partial charge in [-0.05, 0) is 37.3 Å². The minimum Gasteiger partial charge on any atom is -0.455 e. The Morgan fingerprint density at radius 3 is 2.11 bits per heavy atom. The molecular weight excluding hydrogens is 240 g/mol. The lowest BCUT2D eigenvalue weighted by Gasteiger charge is -2.25. The number of rotatable bonds is 1. The van der Waals surface area contributed by atoms with Crippen LogP contribution in [0.25, 0.3) is 21.9 Å². The number of aryl methyl sites for hydroxylation is 1. The molecule has 0 amide bonds. The van der Waals surface area contributed by atoms with Crippen molar-refractivity contribution in [3.63, 3.8) is 0 Å². The van der Waals surface area contributed by atoms with Gasteiger partial charge in [0.1, 0.15) is 11.2 Å². The van der Waals surface area contributed by atoms with E-state index in [0.717, 1.165) is 11.2 Å². The second-order valence-electron chi connectivity index (χ2n) is 5.52. The zero-order valence-electron chi connectivity index (χ0n) is 11.3. The molecule has 0 aliphatic carbocycles. The Kier molecular flexibility index (Phi) is 2.46. The minimum absolute atomic E-state index is 0.784. The summed E-state index contributed by atoms with van der Waals surface area (Å²) in [4.78, 5) is 1.36. The van der Waals surface area contributed by atoms with E-state index in [1.165, 1.54) is 21.2 Å². The fraction of sp³-hybridized carbons (Fsp3) is 0.250. The maximum absolute atomic E-state index is 6.16. The normalized spacial score (nSPS) is 13.3. The van der Waals surface area contributed by atoms with Crippen molar-refractivity contribution in [2.75, 3.05) is 18.8 Å². The van der Waals surface area contributed by atoms with Gasteiger partial charge in [-0.2, -0.15) is 0 Å². The van der Waals surface area contributed by atoms with E-state index in [9.17, 15) is 0 Å². The van der Waals surface area contributed by atoms with Gasteiger partial charge in [0, 0.05) is 15.7 Å². The van der Waals surface area contributed by atoms with Gasteiger partial charge in [-0.25, -0.2) is 10.0 Å². The van der Waals surface area contributed by atoms with E-state index < -0.39 is 10.0 Å². The van der Waals surface area contributed by atoms with Gasteiger partial charge in [0.05, 0.1) is 0 Å². The zero-order chi connectivity index (χ0) is 12.9. The summed E-state index contributed by atoms with van der Waals surface area (Å²) >= 11 is 0. The fourth-order valence-electron chi connectivity index (χ4n) is 2.42. The summed E-state index contributed by atoms with van der Waals surface area (Å²) in [5.74, 6) is 0. The predicted octanol–water partition coefficient (Wildman–Crippen LogP) is 4.95. The van der Waals surface area contributed by atoms with Crippen LogP contribution in [-0.2, 0) is 0 Å². The van der Waals surface area contributed by atoms with E-state index in [4.69, 9.17) is 4.42 Å². The Bertz CT molecular complexity index is 732. The molecule has 0 unspecified atom stereocenters. The molecule has 0 spiro atoms. The van der Waals surface area contributed by atoms with Gasteiger partial charge in [-0.15, -0.1) is 0 Å². The third-order valence-corrected chi connectivity index (χ3v) is 4.99. The molecule has 0 atom stereocenters. The molecule has 3 aromatic rings. The van der Waals surface area contributed by atoms with Gasteiger partial charge in [0.25, 0.3) is 0 Å². The van der Waals surface area contributed by atoms with Crippen molar-refractivity contribution in [1.82, 2.24) is 0 Å². The van der Waals surface area contributed by atoms with Crippen LogP contribution in [0.1, 0.15) is 5.56 Å². The van der Waals surface area contributed by atoms with Crippen LogP contribution in [0.4, 0.5) is 0 Å². The summed E-state index contributed by atoms with van der Waals surface area (Å²) in [6, 6.07) is 12.9.